The highest BCUT2D eigenvalue weighted by atomic mass is 35.5. The zero-order valence-electron chi connectivity index (χ0n) is 16.4. The lowest BCUT2D eigenvalue weighted by Gasteiger charge is -2.35. The predicted octanol–water partition coefficient (Wildman–Crippen LogP) is 4.17. The Hall–Kier alpha value is -1.37. The molecule has 0 unspecified atom stereocenters. The van der Waals surface area contributed by atoms with E-state index in [1.807, 2.05) is 0 Å². The number of hydrogen-bond donors (Lipinski definition) is 2. The van der Waals surface area contributed by atoms with Crippen molar-refractivity contribution < 1.29 is 9.53 Å². The standard InChI is InChI=1S/C20H30ClN3O2S/c1-4-26-19(25)17-7-6-16(11-18(17)21)23-20(27)22-8-5-9-24-12-14(2)10-15(3)13-24/h6-7,11,14-15H,4-5,8-10,12-13H2,1-3H3,(H2,22,23,27)/t14-,15+. The van der Waals surface area contributed by atoms with E-state index in [1.165, 1.54) is 19.5 Å². The lowest BCUT2D eigenvalue weighted by atomic mass is 9.92. The zero-order valence-corrected chi connectivity index (χ0v) is 18.0. The van der Waals surface area contributed by atoms with Crippen molar-refractivity contribution in [3.63, 3.8) is 0 Å². The predicted molar refractivity (Wildman–Crippen MR) is 116 cm³/mol. The molecule has 2 N–H and O–H groups in total. The molecule has 5 nitrogen and oxygen atoms in total. The number of benzene rings is 1. The Morgan fingerprint density at radius 1 is 1.33 bits per heavy atom. The number of thiocarbonyl (C=S) groups is 1. The van der Waals surface area contributed by atoms with Crippen LogP contribution >= 0.6 is 23.8 Å². The van der Waals surface area contributed by atoms with Crippen molar-refractivity contribution in [1.82, 2.24) is 10.2 Å². The van der Waals surface area contributed by atoms with E-state index in [-0.39, 0.29) is 0 Å². The summed E-state index contributed by atoms with van der Waals surface area (Å²) < 4.78 is 4.97. The van der Waals surface area contributed by atoms with Crippen LogP contribution in [0.4, 0.5) is 5.69 Å². The number of piperidine rings is 1. The number of carbonyl (C=O) groups excluding carboxylic acids is 1. The smallest absolute Gasteiger partial charge is 0.339 e. The average molecular weight is 412 g/mol. The van der Waals surface area contributed by atoms with Crippen molar-refractivity contribution in [2.24, 2.45) is 11.8 Å². The minimum Gasteiger partial charge on any atom is -0.462 e. The van der Waals surface area contributed by atoms with Crippen molar-refractivity contribution >= 4 is 40.6 Å². The third-order valence-electron chi connectivity index (χ3n) is 4.60. The van der Waals surface area contributed by atoms with Crippen LogP contribution in [0, 0.1) is 11.8 Å². The number of ether oxygens (including phenoxy) is 1. The van der Waals surface area contributed by atoms with Crippen LogP contribution in [-0.4, -0.2) is 48.8 Å². The number of carbonyl (C=O) groups is 1. The molecule has 2 atom stereocenters. The molecule has 1 fully saturated rings. The minimum atomic E-state index is -0.420. The molecule has 1 aromatic rings. The largest absolute Gasteiger partial charge is 0.462 e. The molecule has 1 heterocycles. The average Bonchev–Trinajstić information content (AvgIpc) is 2.58. The van der Waals surface area contributed by atoms with Gasteiger partial charge in [0, 0.05) is 25.3 Å². The van der Waals surface area contributed by atoms with Gasteiger partial charge in [0.2, 0.25) is 0 Å². The number of nitrogens with zero attached hydrogens (tertiary/aromatic N) is 1. The maximum Gasteiger partial charge on any atom is 0.339 e. The molecule has 1 saturated heterocycles. The van der Waals surface area contributed by atoms with Crippen LogP contribution in [0.25, 0.3) is 0 Å². The first-order valence-corrected chi connectivity index (χ1v) is 10.4. The molecule has 1 aromatic carbocycles. The van der Waals surface area contributed by atoms with E-state index >= 15 is 0 Å². The van der Waals surface area contributed by atoms with Crippen molar-refractivity contribution in [2.45, 2.75) is 33.6 Å². The first-order chi connectivity index (χ1) is 12.9. The van der Waals surface area contributed by atoms with Crippen LogP contribution in [0.3, 0.4) is 0 Å². The molecule has 0 bridgehead atoms. The fourth-order valence-electron chi connectivity index (χ4n) is 3.62. The highest BCUT2D eigenvalue weighted by Gasteiger charge is 2.21. The second kappa shape index (κ2) is 10.8. The van der Waals surface area contributed by atoms with Crippen LogP contribution in [0.5, 0.6) is 0 Å². The molecule has 150 valence electrons. The molecule has 0 amide bonds. The Labute approximate surface area is 172 Å². The van der Waals surface area contributed by atoms with Crippen molar-refractivity contribution in [3.8, 4) is 0 Å². The Morgan fingerprint density at radius 3 is 2.67 bits per heavy atom. The quantitative estimate of drug-likeness (QED) is 0.399. The fourth-order valence-corrected chi connectivity index (χ4v) is 4.10. The molecular weight excluding hydrogens is 382 g/mol. The van der Waals surface area contributed by atoms with Gasteiger partial charge < -0.3 is 20.3 Å². The van der Waals surface area contributed by atoms with Gasteiger partial charge in [0.15, 0.2) is 5.11 Å². The van der Waals surface area contributed by atoms with Gasteiger partial charge >= 0.3 is 5.97 Å². The maximum atomic E-state index is 11.8. The molecule has 0 radical (unpaired) electrons. The summed E-state index contributed by atoms with van der Waals surface area (Å²) in [6.07, 6.45) is 2.38. The maximum absolute atomic E-state index is 11.8. The topological polar surface area (TPSA) is 53.6 Å². The Bertz CT molecular complexity index is 646. The van der Waals surface area contributed by atoms with Gasteiger partial charge in [-0.25, -0.2) is 4.79 Å². The number of nitrogens with one attached hydrogen (secondary N) is 2. The normalized spacial score (nSPS) is 20.1. The number of anilines is 1. The summed E-state index contributed by atoms with van der Waals surface area (Å²) in [6, 6.07) is 5.09. The Kier molecular flexibility index (Phi) is 8.80. The van der Waals surface area contributed by atoms with Crippen molar-refractivity contribution in [3.05, 3.63) is 28.8 Å². The molecule has 2 rings (SSSR count). The summed E-state index contributed by atoms with van der Waals surface area (Å²) in [5, 5.41) is 7.23. The highest BCUT2D eigenvalue weighted by molar-refractivity contribution is 7.80. The lowest BCUT2D eigenvalue weighted by molar-refractivity contribution is 0.0526. The van der Waals surface area contributed by atoms with Gasteiger partial charge in [-0.3, -0.25) is 0 Å². The number of hydrogen-bond acceptors (Lipinski definition) is 4. The van der Waals surface area contributed by atoms with Crippen LogP contribution < -0.4 is 10.6 Å². The van der Waals surface area contributed by atoms with Gasteiger partial charge in [-0.05, 0) is 68.6 Å². The van der Waals surface area contributed by atoms with Gasteiger partial charge in [-0.2, -0.15) is 0 Å². The molecule has 27 heavy (non-hydrogen) atoms. The minimum absolute atomic E-state index is 0.318. The lowest BCUT2D eigenvalue weighted by Crippen LogP contribution is -2.40. The van der Waals surface area contributed by atoms with Gasteiger partial charge in [0.05, 0.1) is 17.2 Å². The van der Waals surface area contributed by atoms with Crippen LogP contribution in [0.2, 0.25) is 5.02 Å². The zero-order chi connectivity index (χ0) is 19.8. The van der Waals surface area contributed by atoms with Gasteiger partial charge in [-0.15, -0.1) is 0 Å². The molecule has 1 aliphatic rings. The SMILES string of the molecule is CCOC(=O)c1ccc(NC(=S)NCCCN2C[C@H](C)C[C@H](C)C2)cc1Cl. The molecule has 1 aliphatic heterocycles. The third kappa shape index (κ3) is 7.28. The summed E-state index contributed by atoms with van der Waals surface area (Å²) in [7, 11) is 0. The van der Waals surface area contributed by atoms with E-state index in [4.69, 9.17) is 28.6 Å². The molecule has 0 aromatic heterocycles. The number of likely N-dealkylation sites (tertiary alicyclic amines) is 1. The Morgan fingerprint density at radius 2 is 2.04 bits per heavy atom. The van der Waals surface area contributed by atoms with Gasteiger partial charge in [0.25, 0.3) is 0 Å². The molecule has 0 aliphatic carbocycles. The summed E-state index contributed by atoms with van der Waals surface area (Å²) in [5.41, 5.74) is 1.09. The second-order valence-electron chi connectivity index (χ2n) is 7.36. The van der Waals surface area contributed by atoms with Crippen molar-refractivity contribution in [2.75, 3.05) is 38.1 Å². The molecule has 0 saturated carbocycles. The van der Waals surface area contributed by atoms with Crippen LogP contribution in [0.15, 0.2) is 18.2 Å². The number of rotatable bonds is 7. The molecule has 0 spiro atoms. The monoisotopic (exact) mass is 411 g/mol. The second-order valence-corrected chi connectivity index (χ2v) is 8.17. The van der Waals surface area contributed by atoms with Crippen LogP contribution in [-0.2, 0) is 4.74 Å². The van der Waals surface area contributed by atoms with E-state index in [2.05, 4.69) is 29.4 Å². The van der Waals surface area contributed by atoms with E-state index in [9.17, 15) is 4.79 Å². The van der Waals surface area contributed by atoms with Crippen molar-refractivity contribution in [1.29, 1.82) is 0 Å². The van der Waals surface area contributed by atoms with Crippen LogP contribution in [0.1, 0.15) is 44.0 Å². The fraction of sp³-hybridized carbons (Fsp3) is 0.600. The number of halogens is 1. The summed E-state index contributed by atoms with van der Waals surface area (Å²) >= 11 is 11.5. The van der Waals surface area contributed by atoms with Gasteiger partial charge in [0.1, 0.15) is 0 Å². The highest BCUT2D eigenvalue weighted by Crippen LogP contribution is 2.22. The Balaban J connectivity index is 1.72. The third-order valence-corrected chi connectivity index (χ3v) is 5.16. The summed E-state index contributed by atoms with van der Waals surface area (Å²) in [6.45, 7) is 11.0. The van der Waals surface area contributed by atoms with E-state index < -0.39 is 5.97 Å². The number of esters is 1. The molecule has 7 heteroatoms. The summed E-state index contributed by atoms with van der Waals surface area (Å²) in [4.78, 5) is 14.3. The first-order valence-electron chi connectivity index (χ1n) is 9.63. The summed E-state index contributed by atoms with van der Waals surface area (Å²) in [5.74, 6) is 1.15. The van der Waals surface area contributed by atoms with Gasteiger partial charge in [-0.1, -0.05) is 25.4 Å². The molecular formula is C20H30ClN3O2S. The first kappa shape index (κ1) is 21.9. The van der Waals surface area contributed by atoms with E-state index in [0.29, 0.717) is 22.3 Å². The van der Waals surface area contributed by atoms with E-state index in [1.54, 1.807) is 25.1 Å². The van der Waals surface area contributed by atoms with E-state index in [0.717, 1.165) is 37.0 Å².